The number of rotatable bonds is 4. The maximum atomic E-state index is 13.1. The third kappa shape index (κ3) is 2.40. The van der Waals surface area contributed by atoms with Gasteiger partial charge in [-0.05, 0) is 6.07 Å². The van der Waals surface area contributed by atoms with E-state index in [2.05, 4.69) is 0 Å². The van der Waals surface area contributed by atoms with Crippen molar-refractivity contribution in [3.05, 3.63) is 29.6 Å². The molecule has 0 heterocycles. The Bertz CT molecular complexity index is 278. The molecule has 0 aliphatic heterocycles. The van der Waals surface area contributed by atoms with Crippen LogP contribution in [-0.4, -0.2) is 18.3 Å². The van der Waals surface area contributed by atoms with E-state index in [0.717, 1.165) is 0 Å². The molecule has 0 aliphatic rings. The lowest BCUT2D eigenvalue weighted by Crippen LogP contribution is -2.07. The number of ether oxygens (including phenoxy) is 1. The molecule has 0 atom stereocenters. The second kappa shape index (κ2) is 4.79. The van der Waals surface area contributed by atoms with Gasteiger partial charge in [0.25, 0.3) is 0 Å². The molecule has 1 rings (SSSR count). The average Bonchev–Trinajstić information content (AvgIpc) is 2.15. The minimum atomic E-state index is -0.448. The predicted molar refractivity (Wildman–Crippen MR) is 46.9 cm³/mol. The number of hydrogen-bond donors (Lipinski definition) is 2. The van der Waals surface area contributed by atoms with Crippen molar-refractivity contribution in [3.63, 3.8) is 0 Å². The maximum absolute atomic E-state index is 13.1. The van der Waals surface area contributed by atoms with Crippen molar-refractivity contribution in [2.24, 2.45) is 5.73 Å². The summed E-state index contributed by atoms with van der Waals surface area (Å²) in [6.45, 7) is 0.158. The summed E-state index contributed by atoms with van der Waals surface area (Å²) in [5, 5.41) is 8.50. The summed E-state index contributed by atoms with van der Waals surface area (Å²) >= 11 is 0. The normalized spacial score (nSPS) is 10.1. The molecule has 0 unspecified atom stereocenters. The molecule has 3 N–H and O–H groups in total. The van der Waals surface area contributed by atoms with Crippen LogP contribution in [0.25, 0.3) is 0 Å². The summed E-state index contributed by atoms with van der Waals surface area (Å²) in [5.41, 5.74) is 5.99. The number of benzene rings is 1. The topological polar surface area (TPSA) is 55.5 Å². The van der Waals surface area contributed by atoms with Crippen molar-refractivity contribution in [1.82, 2.24) is 0 Å². The lowest BCUT2D eigenvalue weighted by Gasteiger charge is -2.09. The Morgan fingerprint density at radius 2 is 2.23 bits per heavy atom. The van der Waals surface area contributed by atoms with Crippen LogP contribution in [0.15, 0.2) is 18.2 Å². The summed E-state index contributed by atoms with van der Waals surface area (Å²) in [6, 6.07) is 4.56. The minimum absolute atomic E-state index is 0.0773. The number of hydrogen-bond acceptors (Lipinski definition) is 3. The molecular weight excluding hydrogens is 173 g/mol. The molecule has 13 heavy (non-hydrogen) atoms. The van der Waals surface area contributed by atoms with Gasteiger partial charge in [-0.1, -0.05) is 12.1 Å². The first-order valence-corrected chi connectivity index (χ1v) is 4.00. The summed E-state index contributed by atoms with van der Waals surface area (Å²) in [7, 11) is 0. The first kappa shape index (κ1) is 9.95. The van der Waals surface area contributed by atoms with Gasteiger partial charge in [0.2, 0.25) is 0 Å². The van der Waals surface area contributed by atoms with Gasteiger partial charge in [0.05, 0.1) is 6.61 Å². The van der Waals surface area contributed by atoms with Gasteiger partial charge in [-0.3, -0.25) is 0 Å². The van der Waals surface area contributed by atoms with Crippen LogP contribution < -0.4 is 10.5 Å². The fourth-order valence-corrected chi connectivity index (χ4v) is 1.02. The molecule has 0 aromatic heterocycles. The third-order valence-corrected chi connectivity index (χ3v) is 1.61. The van der Waals surface area contributed by atoms with E-state index in [-0.39, 0.29) is 25.5 Å². The third-order valence-electron chi connectivity index (χ3n) is 1.61. The van der Waals surface area contributed by atoms with E-state index in [1.807, 2.05) is 0 Å². The van der Waals surface area contributed by atoms with E-state index in [4.69, 9.17) is 15.6 Å². The van der Waals surface area contributed by atoms with Crippen LogP contribution in [0.1, 0.15) is 5.56 Å². The first-order chi connectivity index (χ1) is 6.29. The zero-order chi connectivity index (χ0) is 9.68. The Morgan fingerprint density at radius 1 is 1.46 bits per heavy atom. The zero-order valence-electron chi connectivity index (χ0n) is 7.16. The molecule has 0 radical (unpaired) electrons. The van der Waals surface area contributed by atoms with Crippen molar-refractivity contribution >= 4 is 0 Å². The largest absolute Gasteiger partial charge is 0.488 e. The quantitative estimate of drug-likeness (QED) is 0.724. The van der Waals surface area contributed by atoms with E-state index in [1.165, 1.54) is 6.07 Å². The van der Waals surface area contributed by atoms with Crippen LogP contribution in [0.4, 0.5) is 4.39 Å². The van der Waals surface area contributed by atoms with Crippen LogP contribution in [0, 0.1) is 5.82 Å². The summed E-state index contributed by atoms with van der Waals surface area (Å²) in [4.78, 5) is 0. The maximum Gasteiger partial charge on any atom is 0.165 e. The smallest absolute Gasteiger partial charge is 0.165 e. The Labute approximate surface area is 75.9 Å². The molecular formula is C9H12FNO2. The van der Waals surface area contributed by atoms with E-state index in [9.17, 15) is 4.39 Å². The highest BCUT2D eigenvalue weighted by atomic mass is 19.1. The van der Waals surface area contributed by atoms with Crippen LogP contribution in [0.5, 0.6) is 5.75 Å². The zero-order valence-corrected chi connectivity index (χ0v) is 7.16. The molecule has 72 valence electrons. The van der Waals surface area contributed by atoms with E-state index >= 15 is 0 Å². The van der Waals surface area contributed by atoms with Crippen molar-refractivity contribution in [3.8, 4) is 5.75 Å². The number of halogens is 1. The highest BCUT2D eigenvalue weighted by molar-refractivity contribution is 5.34. The van der Waals surface area contributed by atoms with Crippen LogP contribution in [0.2, 0.25) is 0 Å². The van der Waals surface area contributed by atoms with Crippen LogP contribution in [-0.2, 0) is 6.54 Å². The number of para-hydroxylation sites is 1. The summed E-state index contributed by atoms with van der Waals surface area (Å²) < 4.78 is 18.1. The molecule has 1 aromatic carbocycles. The van der Waals surface area contributed by atoms with Gasteiger partial charge in [0.15, 0.2) is 11.6 Å². The minimum Gasteiger partial charge on any atom is -0.488 e. The summed E-state index contributed by atoms with van der Waals surface area (Å²) in [5.74, 6) is -0.310. The van der Waals surface area contributed by atoms with Crippen molar-refractivity contribution < 1.29 is 14.2 Å². The average molecular weight is 185 g/mol. The highest BCUT2D eigenvalue weighted by Gasteiger charge is 2.07. The van der Waals surface area contributed by atoms with Crippen molar-refractivity contribution in [2.45, 2.75) is 6.54 Å². The van der Waals surface area contributed by atoms with E-state index < -0.39 is 5.82 Å². The monoisotopic (exact) mass is 185 g/mol. The van der Waals surface area contributed by atoms with Gasteiger partial charge in [-0.2, -0.15) is 0 Å². The molecule has 0 saturated carbocycles. The van der Waals surface area contributed by atoms with Gasteiger partial charge in [-0.15, -0.1) is 0 Å². The Kier molecular flexibility index (Phi) is 3.67. The van der Waals surface area contributed by atoms with Crippen LogP contribution in [0.3, 0.4) is 0 Å². The Hall–Kier alpha value is -1.13. The highest BCUT2D eigenvalue weighted by Crippen LogP contribution is 2.21. The first-order valence-electron chi connectivity index (χ1n) is 4.00. The van der Waals surface area contributed by atoms with Gasteiger partial charge in [-0.25, -0.2) is 4.39 Å². The number of aliphatic hydroxyl groups excluding tert-OH is 1. The summed E-state index contributed by atoms with van der Waals surface area (Å²) in [6.07, 6.45) is 0. The predicted octanol–water partition coefficient (Wildman–Crippen LogP) is 0.656. The van der Waals surface area contributed by atoms with E-state index in [0.29, 0.717) is 5.56 Å². The lowest BCUT2D eigenvalue weighted by atomic mass is 10.2. The van der Waals surface area contributed by atoms with Gasteiger partial charge in [0.1, 0.15) is 6.61 Å². The lowest BCUT2D eigenvalue weighted by molar-refractivity contribution is 0.195. The molecule has 1 aromatic rings. The van der Waals surface area contributed by atoms with Crippen molar-refractivity contribution in [2.75, 3.05) is 13.2 Å². The molecule has 0 fully saturated rings. The number of nitrogens with two attached hydrogens (primary N) is 1. The van der Waals surface area contributed by atoms with Crippen LogP contribution >= 0.6 is 0 Å². The molecule has 4 heteroatoms. The second-order valence-electron chi connectivity index (χ2n) is 2.50. The fourth-order valence-electron chi connectivity index (χ4n) is 1.02. The second-order valence-corrected chi connectivity index (χ2v) is 2.50. The van der Waals surface area contributed by atoms with Gasteiger partial charge < -0.3 is 15.6 Å². The molecule has 0 amide bonds. The fraction of sp³-hybridized carbons (Fsp3) is 0.333. The number of aliphatic hydroxyl groups is 1. The molecule has 0 spiro atoms. The molecule has 3 nitrogen and oxygen atoms in total. The van der Waals surface area contributed by atoms with Gasteiger partial charge in [0, 0.05) is 12.1 Å². The molecule has 0 bridgehead atoms. The molecule has 0 aliphatic carbocycles. The van der Waals surface area contributed by atoms with E-state index in [1.54, 1.807) is 12.1 Å². The SMILES string of the molecule is NCc1cccc(F)c1OCCO. The molecule has 0 saturated heterocycles. The Morgan fingerprint density at radius 3 is 2.85 bits per heavy atom. The van der Waals surface area contributed by atoms with Gasteiger partial charge >= 0.3 is 0 Å². The van der Waals surface area contributed by atoms with Crippen molar-refractivity contribution in [1.29, 1.82) is 0 Å². The standard InChI is InChI=1S/C9H12FNO2/c10-8-3-1-2-7(6-11)9(8)13-5-4-12/h1-3,12H,4-6,11H2. The Balaban J connectivity index is 2.87.